The van der Waals surface area contributed by atoms with Crippen molar-refractivity contribution < 1.29 is 50.5 Å². The Morgan fingerprint density at radius 2 is 1.70 bits per heavy atom. The monoisotopic (exact) mass is 611 g/mol. The summed E-state index contributed by atoms with van der Waals surface area (Å²) >= 11 is 0. The van der Waals surface area contributed by atoms with E-state index < -0.39 is 41.0 Å². The van der Waals surface area contributed by atoms with Crippen LogP contribution in [0.4, 0.5) is 31.1 Å². The molecule has 0 spiro atoms. The molecular weight excluding hydrogens is 584 g/mol. The highest BCUT2D eigenvalue weighted by molar-refractivity contribution is 6.07. The summed E-state index contributed by atoms with van der Waals surface area (Å²) in [5.41, 5.74) is -6.95. The van der Waals surface area contributed by atoms with Gasteiger partial charge >= 0.3 is 18.4 Å². The van der Waals surface area contributed by atoms with Crippen molar-refractivity contribution in [1.82, 2.24) is 15.2 Å². The fraction of sp³-hybridized carbons (Fsp3) is 0.345. The van der Waals surface area contributed by atoms with Crippen LogP contribution in [0, 0.1) is 0 Å². The normalized spacial score (nSPS) is 17.7. The van der Waals surface area contributed by atoms with Crippen LogP contribution in [0.2, 0.25) is 0 Å². The minimum absolute atomic E-state index is 0.00953. The molecule has 2 aromatic carbocycles. The molecule has 1 atom stereocenters. The van der Waals surface area contributed by atoms with Gasteiger partial charge in [-0.25, -0.2) is 9.78 Å². The number of ether oxygens (including phenoxy) is 2. The first-order valence-electron chi connectivity index (χ1n) is 13.0. The molecule has 8 nitrogen and oxygen atoms in total. The number of imide groups is 1. The van der Waals surface area contributed by atoms with Crippen molar-refractivity contribution in [3.63, 3.8) is 0 Å². The predicted octanol–water partition coefficient (Wildman–Crippen LogP) is 6.11. The Morgan fingerprint density at radius 3 is 2.28 bits per heavy atom. The average molecular weight is 612 g/mol. The van der Waals surface area contributed by atoms with Gasteiger partial charge in [0.25, 0.3) is 11.5 Å². The number of aliphatic hydroxyl groups is 1. The maximum atomic E-state index is 13.4. The molecule has 1 aromatic heterocycles. The average Bonchev–Trinajstić information content (AvgIpc) is 3.16. The smallest absolute Gasteiger partial charge is 0.430 e. The molecule has 0 radical (unpaired) electrons. The van der Waals surface area contributed by atoms with Crippen molar-refractivity contribution in [1.29, 1.82) is 0 Å². The third kappa shape index (κ3) is 5.83. The third-order valence-electron chi connectivity index (χ3n) is 7.08. The number of halogens is 6. The summed E-state index contributed by atoms with van der Waals surface area (Å²) in [6.45, 7) is 3.05. The SMILES string of the molecule is CCCc1cc(C(O)(C(F)(F)F)C(F)(F)F)ccc1Oc1cccc(CN2C(=O)NC(C)(c3ccc(OC)nc3)C2=O)c1. The van der Waals surface area contributed by atoms with Crippen molar-refractivity contribution in [2.75, 3.05) is 7.11 Å². The molecule has 3 amide bonds. The lowest BCUT2D eigenvalue weighted by Crippen LogP contribution is -2.53. The minimum Gasteiger partial charge on any atom is -0.481 e. The zero-order valence-corrected chi connectivity index (χ0v) is 23.1. The van der Waals surface area contributed by atoms with Gasteiger partial charge in [-0.3, -0.25) is 9.69 Å². The third-order valence-corrected chi connectivity index (χ3v) is 7.08. The number of aromatic nitrogens is 1. The van der Waals surface area contributed by atoms with Gasteiger partial charge in [-0.2, -0.15) is 26.3 Å². The summed E-state index contributed by atoms with van der Waals surface area (Å²) in [4.78, 5) is 31.2. The summed E-state index contributed by atoms with van der Waals surface area (Å²) in [5.74, 6) is -0.0907. The summed E-state index contributed by atoms with van der Waals surface area (Å²) in [7, 11) is 1.44. The van der Waals surface area contributed by atoms with Crippen LogP contribution in [0.25, 0.3) is 0 Å². The molecule has 0 bridgehead atoms. The van der Waals surface area contributed by atoms with E-state index in [0.29, 0.717) is 35.6 Å². The summed E-state index contributed by atoms with van der Waals surface area (Å²) in [6.07, 6.45) is -10.2. The lowest BCUT2D eigenvalue weighted by Gasteiger charge is -2.33. The van der Waals surface area contributed by atoms with E-state index >= 15 is 0 Å². The number of alkyl halides is 6. The minimum atomic E-state index is -6.02. The number of amides is 3. The van der Waals surface area contributed by atoms with Crippen LogP contribution < -0.4 is 14.8 Å². The van der Waals surface area contributed by atoms with Crippen LogP contribution >= 0.6 is 0 Å². The molecule has 4 rings (SSSR count). The maximum Gasteiger partial charge on any atom is 0.430 e. The molecular formula is C29H27F6N3O5. The Kier molecular flexibility index (Phi) is 8.38. The molecule has 0 aliphatic carbocycles. The summed E-state index contributed by atoms with van der Waals surface area (Å²) in [6, 6.07) is 10.7. The number of urea groups is 1. The van der Waals surface area contributed by atoms with E-state index in [-0.39, 0.29) is 30.0 Å². The number of rotatable bonds is 9. The van der Waals surface area contributed by atoms with Crippen LogP contribution in [0.1, 0.15) is 42.5 Å². The van der Waals surface area contributed by atoms with Crippen molar-refractivity contribution in [2.45, 2.75) is 56.7 Å². The zero-order valence-electron chi connectivity index (χ0n) is 23.1. The molecule has 1 unspecified atom stereocenters. The van der Waals surface area contributed by atoms with Crippen LogP contribution in [-0.4, -0.2) is 46.4 Å². The van der Waals surface area contributed by atoms with Crippen LogP contribution in [0.15, 0.2) is 60.8 Å². The van der Waals surface area contributed by atoms with Crippen LogP contribution in [0.5, 0.6) is 17.4 Å². The fourth-order valence-corrected chi connectivity index (χ4v) is 4.71. The highest BCUT2D eigenvalue weighted by atomic mass is 19.4. The second-order valence-electron chi connectivity index (χ2n) is 10.1. The highest BCUT2D eigenvalue weighted by Crippen LogP contribution is 2.50. The van der Waals surface area contributed by atoms with Gasteiger partial charge < -0.3 is 19.9 Å². The quantitative estimate of drug-likeness (QED) is 0.224. The number of pyridine rings is 1. The second-order valence-corrected chi connectivity index (χ2v) is 10.1. The Morgan fingerprint density at radius 1 is 1.00 bits per heavy atom. The largest absolute Gasteiger partial charge is 0.481 e. The van der Waals surface area contributed by atoms with Crippen LogP contribution in [-0.2, 0) is 28.9 Å². The van der Waals surface area contributed by atoms with Crippen molar-refractivity contribution in [3.8, 4) is 17.4 Å². The number of nitrogens with one attached hydrogen (secondary N) is 1. The molecule has 2 heterocycles. The highest BCUT2D eigenvalue weighted by Gasteiger charge is 2.71. The van der Waals surface area contributed by atoms with E-state index in [4.69, 9.17) is 9.47 Å². The molecule has 0 saturated carbocycles. The van der Waals surface area contributed by atoms with Gasteiger partial charge in [0, 0.05) is 23.4 Å². The lowest BCUT2D eigenvalue weighted by molar-refractivity contribution is -0.376. The first-order valence-corrected chi connectivity index (χ1v) is 13.0. The number of nitrogens with zero attached hydrogens (tertiary/aromatic N) is 2. The molecule has 3 aromatic rings. The molecule has 14 heteroatoms. The fourth-order valence-electron chi connectivity index (χ4n) is 4.71. The predicted molar refractivity (Wildman–Crippen MR) is 140 cm³/mol. The van der Waals surface area contributed by atoms with Gasteiger partial charge in [-0.1, -0.05) is 31.5 Å². The zero-order chi connectivity index (χ0) is 31.8. The van der Waals surface area contributed by atoms with Gasteiger partial charge in [0.15, 0.2) is 0 Å². The molecule has 1 aliphatic heterocycles. The van der Waals surface area contributed by atoms with Crippen molar-refractivity contribution in [2.24, 2.45) is 0 Å². The standard InChI is InChI=1S/C29H27F6N3O5/c1-4-6-18-14-19(27(41,28(30,31)32)29(33,34)35)9-11-22(18)43-21-8-5-7-17(13-21)16-38-24(39)26(2,37-25(38)40)20-10-12-23(42-3)36-15-20/h5,7-15,41H,4,6,16H2,1-3H3,(H,37,40). The Labute approximate surface area is 242 Å². The number of carbonyl (C=O) groups excluding carboxylic acids is 2. The Balaban J connectivity index is 1.58. The van der Waals surface area contributed by atoms with Crippen molar-refractivity contribution in [3.05, 3.63) is 83.0 Å². The Bertz CT molecular complexity index is 1500. The number of benzene rings is 2. The van der Waals surface area contributed by atoms with E-state index in [1.165, 1.54) is 32.4 Å². The van der Waals surface area contributed by atoms with E-state index in [9.17, 15) is 41.0 Å². The molecule has 230 valence electrons. The van der Waals surface area contributed by atoms with E-state index in [1.807, 2.05) is 0 Å². The van der Waals surface area contributed by atoms with Gasteiger partial charge in [0.2, 0.25) is 5.88 Å². The van der Waals surface area contributed by atoms with E-state index in [0.717, 1.165) is 11.0 Å². The van der Waals surface area contributed by atoms with E-state index in [2.05, 4.69) is 10.3 Å². The van der Waals surface area contributed by atoms with Gasteiger partial charge in [0.1, 0.15) is 17.0 Å². The second kappa shape index (κ2) is 11.4. The van der Waals surface area contributed by atoms with E-state index in [1.54, 1.807) is 31.2 Å². The van der Waals surface area contributed by atoms with Gasteiger partial charge in [-0.15, -0.1) is 0 Å². The number of aryl methyl sites for hydroxylation is 1. The van der Waals surface area contributed by atoms with Crippen LogP contribution in [0.3, 0.4) is 0 Å². The van der Waals surface area contributed by atoms with Gasteiger partial charge in [-0.05, 0) is 54.8 Å². The molecule has 1 aliphatic rings. The number of methoxy groups -OCH3 is 1. The van der Waals surface area contributed by atoms with Gasteiger partial charge in [0.05, 0.1) is 13.7 Å². The summed E-state index contributed by atoms with van der Waals surface area (Å²) in [5, 5.41) is 12.5. The summed E-state index contributed by atoms with van der Waals surface area (Å²) < 4.78 is 91.4. The Hall–Kier alpha value is -4.33. The molecule has 43 heavy (non-hydrogen) atoms. The molecule has 2 N–H and O–H groups in total. The molecule has 1 fully saturated rings. The van der Waals surface area contributed by atoms with Crippen molar-refractivity contribution >= 4 is 11.9 Å². The first-order chi connectivity index (χ1) is 20.0. The maximum absolute atomic E-state index is 13.4. The first kappa shape index (κ1) is 31.6. The number of hydrogen-bond donors (Lipinski definition) is 2. The molecule has 1 saturated heterocycles. The number of carbonyl (C=O) groups is 2. The number of hydrogen-bond acceptors (Lipinski definition) is 6. The topological polar surface area (TPSA) is 101 Å². The lowest BCUT2D eigenvalue weighted by atomic mass is 9.90.